The molecule has 2 aromatic carbocycles. The fourth-order valence-corrected chi connectivity index (χ4v) is 16.6. The zero-order valence-electron chi connectivity index (χ0n) is 71.6. The molecule has 12 heteroatoms. The van der Waals surface area contributed by atoms with Crippen molar-refractivity contribution in [2.75, 3.05) is 0 Å². The van der Waals surface area contributed by atoms with E-state index < -0.39 is 0 Å². The first kappa shape index (κ1) is 79.5. The highest BCUT2D eigenvalue weighted by atomic mass is 15.3. The van der Waals surface area contributed by atoms with E-state index in [0.717, 1.165) is 0 Å². The summed E-state index contributed by atoms with van der Waals surface area (Å²) in [6, 6.07) is 72.0. The molecule has 0 aliphatic carbocycles. The third kappa shape index (κ3) is 16.0. The molecule has 16 aromatic heterocycles. The Bertz CT molecular complexity index is 6400. The smallest absolute Gasteiger partial charge is 0.294 e. The van der Waals surface area contributed by atoms with Crippen molar-refractivity contribution in [3.8, 4) is 67.9 Å². The van der Waals surface area contributed by atoms with Crippen LogP contribution in [0, 0.1) is 125 Å². The molecule has 0 aliphatic heterocycles. The van der Waals surface area contributed by atoms with Gasteiger partial charge in [0.1, 0.15) is 57.0 Å². The molecule has 576 valence electrons. The van der Waals surface area contributed by atoms with Crippen LogP contribution in [0.25, 0.3) is 101 Å². The van der Waals surface area contributed by atoms with E-state index in [1.165, 1.54) is 202 Å². The van der Waals surface area contributed by atoms with Gasteiger partial charge in [0.2, 0.25) is 22.8 Å². The number of aryl methyl sites for hydroxylation is 22. The van der Waals surface area contributed by atoms with Crippen molar-refractivity contribution < 1.29 is 27.5 Å². The lowest BCUT2D eigenvalue weighted by molar-refractivity contribution is -0.740. The molecule has 18 aromatic rings. The van der Waals surface area contributed by atoms with Gasteiger partial charge in [0.05, 0.1) is 29.9 Å². The fourth-order valence-electron chi connectivity index (χ4n) is 16.6. The van der Waals surface area contributed by atoms with Crippen molar-refractivity contribution in [3.63, 3.8) is 0 Å². The maximum Gasteiger partial charge on any atom is 0.294 e. The highest BCUT2D eigenvalue weighted by Crippen LogP contribution is 2.33. The normalized spacial score (nSPS) is 11.2. The van der Waals surface area contributed by atoms with Gasteiger partial charge in [-0.25, -0.2) is 13.7 Å². The Morgan fingerprint density at radius 2 is 0.658 bits per heavy atom. The molecule has 12 nitrogen and oxygen atoms in total. The highest BCUT2D eigenvalue weighted by molar-refractivity contribution is 5.74. The Morgan fingerprint density at radius 3 is 1.13 bits per heavy atom. The summed E-state index contributed by atoms with van der Waals surface area (Å²) in [6.45, 7) is 39.1. The van der Waals surface area contributed by atoms with Gasteiger partial charge in [0, 0.05) is 117 Å². The van der Waals surface area contributed by atoms with E-state index >= 15 is 0 Å². The number of fused-ring (bicyclic) bond motifs is 6. The molecule has 0 saturated carbocycles. The van der Waals surface area contributed by atoms with E-state index in [-0.39, 0.29) is 0 Å². The number of nitrogens with zero attached hydrogens (tertiary/aromatic N) is 12. The lowest BCUT2D eigenvalue weighted by Crippen LogP contribution is -2.36. The number of hydrogen-bond donors (Lipinski definition) is 0. The zero-order valence-corrected chi connectivity index (χ0v) is 71.6. The van der Waals surface area contributed by atoms with E-state index in [4.69, 9.17) is 0 Å². The van der Waals surface area contributed by atoms with Gasteiger partial charge in [-0.05, 0) is 312 Å². The minimum absolute atomic E-state index is 1.22. The van der Waals surface area contributed by atoms with Crippen LogP contribution < -0.4 is 27.5 Å². The average molecular weight is 1510 g/mol. The van der Waals surface area contributed by atoms with Crippen LogP contribution in [0.3, 0.4) is 0 Å². The summed E-state index contributed by atoms with van der Waals surface area (Å²) in [5.41, 5.74) is 45.2. The van der Waals surface area contributed by atoms with Crippen molar-refractivity contribution in [1.29, 1.82) is 0 Å². The molecule has 0 atom stereocenters. The van der Waals surface area contributed by atoms with Crippen LogP contribution in [0.15, 0.2) is 256 Å². The predicted octanol–water partition coefficient (Wildman–Crippen LogP) is 20.1. The Hall–Kier alpha value is -12.5. The number of hydrogen-bond acceptors (Lipinski definition) is 0. The largest absolute Gasteiger partial charge is 0.320 e. The van der Waals surface area contributed by atoms with Gasteiger partial charge < -0.3 is 17.6 Å². The first-order chi connectivity index (χ1) is 54.5. The maximum absolute atomic E-state index is 2.34. The maximum atomic E-state index is 2.34. The summed E-state index contributed by atoms with van der Waals surface area (Å²) in [5, 5.41) is 0. The summed E-state index contributed by atoms with van der Waals surface area (Å²) >= 11 is 0. The zero-order chi connectivity index (χ0) is 81.4. The summed E-state index contributed by atoms with van der Waals surface area (Å²) in [7, 11) is 12.6. The van der Waals surface area contributed by atoms with Gasteiger partial charge in [-0.2, -0.15) is 13.5 Å². The van der Waals surface area contributed by atoms with E-state index in [0.29, 0.717) is 0 Å². The monoisotopic (exact) mass is 1510 g/mol. The number of imidazole rings is 1. The van der Waals surface area contributed by atoms with Crippen molar-refractivity contribution in [2.45, 2.75) is 125 Å². The number of aromatic nitrogens is 12. The van der Waals surface area contributed by atoms with Gasteiger partial charge in [-0.3, -0.25) is 0 Å². The molecular weight excluding hydrogens is 1390 g/mol. The molecule has 0 fully saturated rings. The standard InChI is InChI=1S/6C17H19N2/c2*1-12-9-10-18(4)16(11-12)17-13(2)5-7-15-8-6-14(3)19(15)17;1-12-10-13(2)14(3)16(11-12)17-8-7-15-6-5-9-18(4)19(15)17;2*1-12-7-9-18(4)16(10-12)17-13(2)11-15-6-5-8-19(15)14(17)3;1-12-9-13(2)14(3)16(10-12)17-18(4)11-15-7-5-6-8-19(15)17/h6*5-11H,1-4H3/q6*+1. The van der Waals surface area contributed by atoms with Crippen molar-refractivity contribution in [1.82, 2.24) is 26.5 Å². The molecule has 0 saturated heterocycles. The molecule has 0 spiro atoms. The van der Waals surface area contributed by atoms with E-state index in [1.807, 2.05) is 0 Å². The summed E-state index contributed by atoms with van der Waals surface area (Å²) in [5.74, 6) is 1.24. The lowest BCUT2D eigenvalue weighted by atomic mass is 9.98. The number of benzene rings is 2. The second-order valence-corrected chi connectivity index (χ2v) is 31.8. The van der Waals surface area contributed by atoms with Gasteiger partial charge in [0.15, 0.2) is 43.5 Å². The second kappa shape index (κ2) is 33.0. The Balaban J connectivity index is 0.000000119. The van der Waals surface area contributed by atoms with Gasteiger partial charge >= 0.3 is 0 Å². The van der Waals surface area contributed by atoms with Crippen molar-refractivity contribution in [2.24, 2.45) is 42.3 Å². The molecule has 0 bridgehead atoms. The van der Waals surface area contributed by atoms with Crippen LogP contribution in [-0.4, -0.2) is 26.5 Å². The molecule has 0 amide bonds. The number of rotatable bonds is 6. The Labute approximate surface area is 674 Å². The molecule has 0 N–H and O–H groups in total. The molecule has 0 aliphatic rings. The Morgan fingerprint density at radius 1 is 0.263 bits per heavy atom. The van der Waals surface area contributed by atoms with E-state index in [2.05, 4.69) is 477 Å². The van der Waals surface area contributed by atoms with Crippen LogP contribution in [0.4, 0.5) is 0 Å². The lowest BCUT2D eigenvalue weighted by Gasteiger charge is -2.11. The average Bonchev–Trinajstić information content (AvgIpc) is 1.24. The Kier molecular flexibility index (Phi) is 23.0. The van der Waals surface area contributed by atoms with Crippen LogP contribution in [0.5, 0.6) is 0 Å². The highest BCUT2D eigenvalue weighted by Gasteiger charge is 2.25. The molecule has 0 unspecified atom stereocenters. The third-order valence-corrected chi connectivity index (χ3v) is 22.8. The van der Waals surface area contributed by atoms with Crippen molar-refractivity contribution in [3.05, 3.63) is 357 Å². The second-order valence-electron chi connectivity index (χ2n) is 31.8. The quantitative estimate of drug-likeness (QED) is 0.149. The molecule has 114 heavy (non-hydrogen) atoms. The molecular formula is C102H114N12+6. The van der Waals surface area contributed by atoms with E-state index in [9.17, 15) is 0 Å². The van der Waals surface area contributed by atoms with Gasteiger partial charge in [-0.15, -0.1) is 9.20 Å². The van der Waals surface area contributed by atoms with Gasteiger partial charge in [0.25, 0.3) is 5.82 Å². The fraction of sp³-hybridized carbons (Fsp3) is 0.235. The first-order valence-corrected chi connectivity index (χ1v) is 39.7. The third-order valence-electron chi connectivity index (χ3n) is 22.8. The molecule has 16 heterocycles. The molecule has 0 radical (unpaired) electrons. The molecule has 18 rings (SSSR count). The summed E-state index contributed by atoms with van der Waals surface area (Å²) in [4.78, 5) is 0. The van der Waals surface area contributed by atoms with Crippen LogP contribution in [0.1, 0.15) is 101 Å². The summed E-state index contributed by atoms with van der Waals surface area (Å²) in [6.07, 6.45) is 19.1. The van der Waals surface area contributed by atoms with E-state index in [1.54, 1.807) is 0 Å². The van der Waals surface area contributed by atoms with Gasteiger partial charge in [-0.1, -0.05) is 35.9 Å². The van der Waals surface area contributed by atoms with Crippen molar-refractivity contribution >= 4 is 33.1 Å². The SMILES string of the molecule is Cc1cc(C)c(C)c(-c2ccc3ccc[n+](C)n23)c1.Cc1cc(C)c(C)c(-c2n3ccccc3c[n+]2C)c1.Cc1cc[n+](C)c(-c2c(C)cc3cccn3c2C)c1.Cc1cc[n+](C)c(-c2c(C)cc3cccn3c2C)c1.Cc1cc[n+](C)c(-c2c(C)ccc3ccc(C)n23)c1.Cc1cc[n+](C)c(-c2c(C)ccc3ccc(C)n23)c1. The van der Waals surface area contributed by atoms with Crippen LogP contribution >= 0.6 is 0 Å². The summed E-state index contributed by atoms with van der Waals surface area (Å²) < 4.78 is 26.8. The minimum Gasteiger partial charge on any atom is -0.320 e. The van der Waals surface area contributed by atoms with Crippen LogP contribution in [-0.2, 0) is 42.3 Å². The predicted molar refractivity (Wildman–Crippen MR) is 469 cm³/mol. The topological polar surface area (TPSA) is 49.7 Å². The number of pyridine rings is 9. The first-order valence-electron chi connectivity index (χ1n) is 39.7. The van der Waals surface area contributed by atoms with Crippen LogP contribution in [0.2, 0.25) is 0 Å². The minimum atomic E-state index is 1.22.